The van der Waals surface area contributed by atoms with Gasteiger partial charge in [0.05, 0.1) is 16.6 Å². The molecule has 0 bridgehead atoms. The number of carboxylic acids is 1. The summed E-state index contributed by atoms with van der Waals surface area (Å²) in [7, 11) is 0. The summed E-state index contributed by atoms with van der Waals surface area (Å²) in [6.07, 6.45) is 0. The molecule has 110 valence electrons. The van der Waals surface area contributed by atoms with Gasteiger partial charge in [-0.15, -0.1) is 0 Å². The van der Waals surface area contributed by atoms with Gasteiger partial charge in [0.1, 0.15) is 5.82 Å². The molecule has 1 aromatic carbocycles. The van der Waals surface area contributed by atoms with Gasteiger partial charge in [-0.1, -0.05) is 25.4 Å². The number of benzene rings is 1. The smallest absolute Gasteiger partial charge is 0.319 e. The second kappa shape index (κ2) is 7.09. The van der Waals surface area contributed by atoms with Gasteiger partial charge in [-0.3, -0.25) is 4.79 Å². The molecule has 1 unspecified atom stereocenters. The average Bonchev–Trinajstić information content (AvgIpc) is 2.33. The molecule has 0 radical (unpaired) electrons. The summed E-state index contributed by atoms with van der Waals surface area (Å²) in [5.74, 6) is -2.33. The van der Waals surface area contributed by atoms with Crippen molar-refractivity contribution < 1.29 is 19.1 Å². The molecule has 0 fully saturated rings. The molecule has 0 aromatic heterocycles. The largest absolute Gasteiger partial charge is 0.481 e. The fraction of sp³-hybridized carbons (Fsp3) is 0.385. The number of aliphatic carboxylic acids is 1. The van der Waals surface area contributed by atoms with E-state index in [0.29, 0.717) is 0 Å². The molecule has 0 saturated heterocycles. The maximum absolute atomic E-state index is 13.0. The third-order valence-corrected chi connectivity index (χ3v) is 3.11. The Morgan fingerprint density at radius 2 is 2.05 bits per heavy atom. The van der Waals surface area contributed by atoms with Crippen molar-refractivity contribution in [2.45, 2.75) is 13.8 Å². The van der Waals surface area contributed by atoms with Crippen molar-refractivity contribution in [3.8, 4) is 0 Å². The van der Waals surface area contributed by atoms with Crippen LogP contribution >= 0.6 is 11.6 Å². The summed E-state index contributed by atoms with van der Waals surface area (Å²) in [5, 5.41) is 14.0. The van der Waals surface area contributed by atoms with E-state index in [9.17, 15) is 14.0 Å². The monoisotopic (exact) mass is 302 g/mol. The standard InChI is InChI=1S/C13H16ClFN2O3/c1-7(2)9(12(18)19)6-16-13(20)17-11-5-8(15)3-4-10(11)14/h3-5,7,9H,6H2,1-2H3,(H,18,19)(H2,16,17,20). The van der Waals surface area contributed by atoms with Crippen LogP contribution in [-0.2, 0) is 4.79 Å². The van der Waals surface area contributed by atoms with E-state index in [-0.39, 0.29) is 23.2 Å². The third-order valence-electron chi connectivity index (χ3n) is 2.78. The van der Waals surface area contributed by atoms with E-state index in [0.717, 1.165) is 6.07 Å². The normalized spacial score (nSPS) is 12.1. The van der Waals surface area contributed by atoms with Crippen LogP contribution in [0.3, 0.4) is 0 Å². The molecule has 0 aliphatic carbocycles. The highest BCUT2D eigenvalue weighted by Gasteiger charge is 2.22. The topological polar surface area (TPSA) is 78.4 Å². The van der Waals surface area contributed by atoms with Crippen LogP contribution in [0.5, 0.6) is 0 Å². The van der Waals surface area contributed by atoms with Gasteiger partial charge in [-0.2, -0.15) is 0 Å². The van der Waals surface area contributed by atoms with Gasteiger partial charge in [0.2, 0.25) is 0 Å². The molecular weight excluding hydrogens is 287 g/mol. The molecule has 1 aromatic rings. The first-order valence-electron chi connectivity index (χ1n) is 6.04. The molecule has 0 aliphatic heterocycles. The lowest BCUT2D eigenvalue weighted by Crippen LogP contribution is -2.37. The zero-order chi connectivity index (χ0) is 15.3. The zero-order valence-electron chi connectivity index (χ0n) is 11.1. The van der Waals surface area contributed by atoms with E-state index >= 15 is 0 Å². The fourth-order valence-electron chi connectivity index (χ4n) is 1.57. The van der Waals surface area contributed by atoms with E-state index in [1.165, 1.54) is 12.1 Å². The van der Waals surface area contributed by atoms with Crippen LogP contribution in [-0.4, -0.2) is 23.7 Å². The number of carbonyl (C=O) groups excluding carboxylic acids is 1. The summed E-state index contributed by atoms with van der Waals surface area (Å²) >= 11 is 5.80. The lowest BCUT2D eigenvalue weighted by Gasteiger charge is -2.17. The molecule has 0 aliphatic rings. The number of nitrogens with one attached hydrogen (secondary N) is 2. The predicted molar refractivity (Wildman–Crippen MR) is 74.4 cm³/mol. The maximum Gasteiger partial charge on any atom is 0.319 e. The van der Waals surface area contributed by atoms with E-state index in [4.69, 9.17) is 16.7 Å². The van der Waals surface area contributed by atoms with Gasteiger partial charge in [0.15, 0.2) is 0 Å². The van der Waals surface area contributed by atoms with Crippen LogP contribution < -0.4 is 10.6 Å². The number of amides is 2. The van der Waals surface area contributed by atoms with Crippen LogP contribution in [0.25, 0.3) is 0 Å². The quantitative estimate of drug-likeness (QED) is 0.782. The van der Waals surface area contributed by atoms with Gasteiger partial charge in [0.25, 0.3) is 0 Å². The number of halogens is 2. The van der Waals surface area contributed by atoms with Crippen LogP contribution in [0.2, 0.25) is 5.02 Å². The summed E-state index contributed by atoms with van der Waals surface area (Å²) in [6, 6.07) is 2.94. The number of anilines is 1. The number of urea groups is 1. The minimum absolute atomic E-state index is 0.0221. The Labute approximate surface area is 121 Å². The minimum atomic E-state index is -0.982. The van der Waals surface area contributed by atoms with Gasteiger partial charge >= 0.3 is 12.0 Å². The molecule has 0 saturated carbocycles. The Kier molecular flexibility index (Phi) is 5.76. The lowest BCUT2D eigenvalue weighted by molar-refractivity contribution is -0.142. The van der Waals surface area contributed by atoms with Crippen molar-refractivity contribution in [3.63, 3.8) is 0 Å². The van der Waals surface area contributed by atoms with Crippen molar-refractivity contribution in [1.82, 2.24) is 5.32 Å². The highest BCUT2D eigenvalue weighted by molar-refractivity contribution is 6.33. The first-order chi connectivity index (χ1) is 9.31. The molecule has 5 nitrogen and oxygen atoms in total. The van der Waals surface area contributed by atoms with Gasteiger partial charge in [-0.25, -0.2) is 9.18 Å². The highest BCUT2D eigenvalue weighted by Crippen LogP contribution is 2.22. The first kappa shape index (κ1) is 16.2. The molecular formula is C13H16ClFN2O3. The highest BCUT2D eigenvalue weighted by atomic mass is 35.5. The van der Waals surface area contributed by atoms with Crippen molar-refractivity contribution in [1.29, 1.82) is 0 Å². The number of hydrogen-bond donors (Lipinski definition) is 3. The molecule has 20 heavy (non-hydrogen) atoms. The Balaban J connectivity index is 2.60. The molecule has 0 spiro atoms. The molecule has 7 heteroatoms. The number of hydrogen-bond acceptors (Lipinski definition) is 2. The summed E-state index contributed by atoms with van der Waals surface area (Å²) in [6.45, 7) is 3.48. The summed E-state index contributed by atoms with van der Waals surface area (Å²) < 4.78 is 13.0. The third kappa shape index (κ3) is 4.70. The van der Waals surface area contributed by atoms with Crippen molar-refractivity contribution in [3.05, 3.63) is 29.0 Å². The van der Waals surface area contributed by atoms with Crippen LogP contribution in [0, 0.1) is 17.7 Å². The zero-order valence-corrected chi connectivity index (χ0v) is 11.9. The molecule has 3 N–H and O–H groups in total. The second-order valence-corrected chi connectivity index (χ2v) is 5.06. The van der Waals surface area contributed by atoms with E-state index < -0.39 is 23.7 Å². The Morgan fingerprint density at radius 3 is 2.60 bits per heavy atom. The van der Waals surface area contributed by atoms with Gasteiger partial charge in [0, 0.05) is 6.54 Å². The average molecular weight is 303 g/mol. The number of carbonyl (C=O) groups is 2. The van der Waals surface area contributed by atoms with Crippen LogP contribution in [0.4, 0.5) is 14.9 Å². The molecule has 2 amide bonds. The van der Waals surface area contributed by atoms with Gasteiger partial charge < -0.3 is 15.7 Å². The van der Waals surface area contributed by atoms with E-state index in [2.05, 4.69) is 10.6 Å². The lowest BCUT2D eigenvalue weighted by atomic mass is 9.96. The first-order valence-corrected chi connectivity index (χ1v) is 6.41. The Morgan fingerprint density at radius 1 is 1.40 bits per heavy atom. The van der Waals surface area contributed by atoms with Crippen LogP contribution in [0.15, 0.2) is 18.2 Å². The fourth-order valence-corrected chi connectivity index (χ4v) is 1.74. The summed E-state index contributed by atoms with van der Waals surface area (Å²) in [4.78, 5) is 22.6. The second-order valence-electron chi connectivity index (χ2n) is 4.65. The molecule has 1 rings (SSSR count). The van der Waals surface area contributed by atoms with Crippen LogP contribution in [0.1, 0.15) is 13.8 Å². The van der Waals surface area contributed by atoms with E-state index in [1.54, 1.807) is 13.8 Å². The predicted octanol–water partition coefficient (Wildman–Crippen LogP) is 2.96. The number of rotatable bonds is 5. The van der Waals surface area contributed by atoms with Gasteiger partial charge in [-0.05, 0) is 24.1 Å². The minimum Gasteiger partial charge on any atom is -0.481 e. The number of carboxylic acid groups (broad SMARTS) is 1. The van der Waals surface area contributed by atoms with Crippen molar-refractivity contribution in [2.24, 2.45) is 11.8 Å². The molecule has 1 atom stereocenters. The SMILES string of the molecule is CC(C)C(CNC(=O)Nc1cc(F)ccc1Cl)C(=O)O. The van der Waals surface area contributed by atoms with Crippen molar-refractivity contribution in [2.75, 3.05) is 11.9 Å². The molecule has 0 heterocycles. The van der Waals surface area contributed by atoms with E-state index in [1.807, 2.05) is 0 Å². The van der Waals surface area contributed by atoms with Crippen molar-refractivity contribution >= 4 is 29.3 Å². The maximum atomic E-state index is 13.0. The Hall–Kier alpha value is -1.82. The Bertz CT molecular complexity index is 508. The summed E-state index contributed by atoms with van der Waals surface area (Å²) in [5.41, 5.74) is 0.126.